The van der Waals surface area contributed by atoms with Crippen molar-refractivity contribution in [1.29, 1.82) is 0 Å². The Labute approximate surface area is 68.8 Å². The van der Waals surface area contributed by atoms with E-state index in [9.17, 15) is 0 Å². The summed E-state index contributed by atoms with van der Waals surface area (Å²) in [5, 5.41) is 26.3. The van der Waals surface area contributed by atoms with Crippen molar-refractivity contribution in [3.05, 3.63) is 0 Å². The molecule has 0 aromatic carbocycles. The van der Waals surface area contributed by atoms with Gasteiger partial charge < -0.3 is 15.3 Å². The van der Waals surface area contributed by atoms with Crippen LogP contribution >= 0.6 is 7.92 Å². The summed E-state index contributed by atoms with van der Waals surface area (Å²) in [5.74, 6) is 0. The van der Waals surface area contributed by atoms with Gasteiger partial charge in [-0.1, -0.05) is 7.92 Å². The highest BCUT2D eigenvalue weighted by molar-refractivity contribution is 7.57. The van der Waals surface area contributed by atoms with E-state index < -0.39 is 0 Å². The van der Waals surface area contributed by atoms with Crippen LogP contribution in [0.15, 0.2) is 0 Å². The van der Waals surface area contributed by atoms with E-state index in [1.165, 1.54) is 0 Å². The van der Waals surface area contributed by atoms with E-state index in [0.29, 0.717) is 0 Å². The van der Waals surface area contributed by atoms with Gasteiger partial charge >= 0.3 is 0 Å². The second-order valence-electron chi connectivity index (χ2n) is 2.60. The lowest BCUT2D eigenvalue weighted by molar-refractivity contribution is 0.218. The maximum absolute atomic E-state index is 9.03. The zero-order chi connectivity index (χ0) is 8.69. The molecule has 0 aliphatic carbocycles. The summed E-state index contributed by atoms with van der Waals surface area (Å²) in [7, 11) is -0.350. The third-order valence-electron chi connectivity index (χ3n) is 1.35. The van der Waals surface area contributed by atoms with Gasteiger partial charge in [0, 0.05) is 13.2 Å². The molecule has 0 aliphatic rings. The molecule has 0 fully saturated rings. The van der Waals surface area contributed by atoms with Gasteiger partial charge in [0.1, 0.15) is 0 Å². The van der Waals surface area contributed by atoms with Gasteiger partial charge in [0.05, 0.1) is 6.10 Å². The maximum Gasteiger partial charge on any atom is 0.0551 e. The lowest BCUT2D eigenvalue weighted by atomic mass is 10.5. The third-order valence-corrected chi connectivity index (χ3v) is 4.06. The highest BCUT2D eigenvalue weighted by atomic mass is 31.1. The Balaban J connectivity index is 3.50. The van der Waals surface area contributed by atoms with Crippen molar-refractivity contribution in [2.45, 2.75) is 13.0 Å². The van der Waals surface area contributed by atoms with Gasteiger partial charge in [0.2, 0.25) is 0 Å². The van der Waals surface area contributed by atoms with Crippen LogP contribution < -0.4 is 0 Å². The van der Waals surface area contributed by atoms with E-state index in [2.05, 4.69) is 0 Å². The van der Waals surface area contributed by atoms with Crippen molar-refractivity contribution in [1.82, 2.24) is 0 Å². The van der Waals surface area contributed by atoms with Crippen molar-refractivity contribution < 1.29 is 15.3 Å². The molecule has 0 saturated heterocycles. The Morgan fingerprint density at radius 3 is 1.91 bits per heavy atom. The Hall–Kier alpha value is 0.310. The van der Waals surface area contributed by atoms with Crippen LogP contribution in [0, 0.1) is 0 Å². The van der Waals surface area contributed by atoms with Gasteiger partial charge in [0.25, 0.3) is 0 Å². The molecular weight excluding hydrogens is 163 g/mol. The SMILES string of the molecule is CC(O)CP(CCO)CCO. The summed E-state index contributed by atoms with van der Waals surface area (Å²) in [4.78, 5) is 0. The van der Waals surface area contributed by atoms with Gasteiger partial charge in [-0.05, 0) is 25.4 Å². The summed E-state index contributed by atoms with van der Waals surface area (Å²) in [5.41, 5.74) is 0. The summed E-state index contributed by atoms with van der Waals surface area (Å²) < 4.78 is 0. The highest BCUT2D eigenvalue weighted by Crippen LogP contribution is 2.34. The molecule has 0 bridgehead atoms. The van der Waals surface area contributed by atoms with Gasteiger partial charge in [-0.25, -0.2) is 0 Å². The van der Waals surface area contributed by atoms with E-state index >= 15 is 0 Å². The second-order valence-corrected chi connectivity index (χ2v) is 5.20. The highest BCUT2D eigenvalue weighted by Gasteiger charge is 2.09. The molecule has 0 aromatic heterocycles. The second kappa shape index (κ2) is 6.99. The van der Waals surface area contributed by atoms with E-state index in [1.54, 1.807) is 6.92 Å². The molecule has 0 radical (unpaired) electrons. The average Bonchev–Trinajstić information content (AvgIpc) is 1.87. The van der Waals surface area contributed by atoms with Crippen LogP contribution in [0.25, 0.3) is 0 Å². The molecule has 0 rings (SSSR count). The third kappa shape index (κ3) is 6.70. The first kappa shape index (κ1) is 11.3. The van der Waals surface area contributed by atoms with Crippen LogP contribution in [-0.4, -0.2) is 53.1 Å². The minimum atomic E-state index is -0.350. The van der Waals surface area contributed by atoms with Crippen LogP contribution in [0.5, 0.6) is 0 Å². The number of rotatable bonds is 6. The molecule has 0 spiro atoms. The smallest absolute Gasteiger partial charge is 0.0551 e. The summed E-state index contributed by atoms with van der Waals surface area (Å²) in [6.07, 6.45) is 1.90. The first-order valence-electron chi connectivity index (χ1n) is 3.82. The van der Waals surface area contributed by atoms with Crippen LogP contribution in [0.1, 0.15) is 6.92 Å². The van der Waals surface area contributed by atoms with Crippen molar-refractivity contribution >= 4 is 7.92 Å². The number of aliphatic hydroxyl groups excluding tert-OH is 3. The lowest BCUT2D eigenvalue weighted by Crippen LogP contribution is -2.11. The van der Waals surface area contributed by atoms with Crippen molar-refractivity contribution in [2.24, 2.45) is 0 Å². The normalized spacial score (nSPS) is 13.9. The lowest BCUT2D eigenvalue weighted by Gasteiger charge is -2.16. The van der Waals surface area contributed by atoms with E-state index in [1.807, 2.05) is 0 Å². The van der Waals surface area contributed by atoms with Crippen LogP contribution in [0.4, 0.5) is 0 Å². The Kier molecular flexibility index (Phi) is 7.18. The van der Waals surface area contributed by atoms with E-state index in [4.69, 9.17) is 15.3 Å². The Bertz CT molecular complexity index is 81.8. The quantitative estimate of drug-likeness (QED) is 0.497. The van der Waals surface area contributed by atoms with E-state index in [-0.39, 0.29) is 27.2 Å². The zero-order valence-electron chi connectivity index (χ0n) is 6.90. The summed E-state index contributed by atoms with van der Waals surface area (Å²) >= 11 is 0. The standard InChI is InChI=1S/C7H17O3P/c1-7(10)6-11(4-2-8)5-3-9/h7-10H,2-6H2,1H3. The van der Waals surface area contributed by atoms with Crippen molar-refractivity contribution in [3.63, 3.8) is 0 Å². The summed E-state index contributed by atoms with van der Waals surface area (Å²) in [6.45, 7) is 2.07. The predicted molar refractivity (Wildman–Crippen MR) is 47.4 cm³/mol. The zero-order valence-corrected chi connectivity index (χ0v) is 7.80. The Morgan fingerprint density at radius 1 is 1.18 bits per heavy atom. The molecule has 3 N–H and O–H groups in total. The van der Waals surface area contributed by atoms with Crippen molar-refractivity contribution in [2.75, 3.05) is 31.7 Å². The minimum Gasteiger partial charge on any atom is -0.396 e. The first-order chi connectivity index (χ1) is 5.20. The van der Waals surface area contributed by atoms with Gasteiger partial charge in [-0.15, -0.1) is 0 Å². The van der Waals surface area contributed by atoms with Gasteiger partial charge in [-0.2, -0.15) is 0 Å². The number of aliphatic hydroxyl groups is 3. The minimum absolute atomic E-state index is 0.165. The van der Waals surface area contributed by atoms with Crippen LogP contribution in [0.2, 0.25) is 0 Å². The monoisotopic (exact) mass is 180 g/mol. The molecule has 3 nitrogen and oxygen atoms in total. The Morgan fingerprint density at radius 2 is 1.64 bits per heavy atom. The molecule has 68 valence electrons. The molecular formula is C7H17O3P. The van der Waals surface area contributed by atoms with Crippen LogP contribution in [0.3, 0.4) is 0 Å². The average molecular weight is 180 g/mol. The molecule has 0 heterocycles. The molecule has 0 amide bonds. The van der Waals surface area contributed by atoms with Gasteiger partial charge in [-0.3, -0.25) is 0 Å². The molecule has 0 aromatic rings. The molecule has 0 saturated carbocycles. The largest absolute Gasteiger partial charge is 0.396 e. The first-order valence-corrected chi connectivity index (χ1v) is 5.72. The topological polar surface area (TPSA) is 60.7 Å². The number of hydrogen-bond donors (Lipinski definition) is 3. The van der Waals surface area contributed by atoms with Gasteiger partial charge in [0.15, 0.2) is 0 Å². The fourth-order valence-electron chi connectivity index (χ4n) is 0.951. The van der Waals surface area contributed by atoms with Crippen LogP contribution in [-0.2, 0) is 0 Å². The number of hydrogen-bond acceptors (Lipinski definition) is 3. The van der Waals surface area contributed by atoms with E-state index in [0.717, 1.165) is 18.5 Å². The molecule has 1 atom stereocenters. The molecule has 1 unspecified atom stereocenters. The molecule has 0 aliphatic heterocycles. The maximum atomic E-state index is 9.03. The van der Waals surface area contributed by atoms with Crippen molar-refractivity contribution in [3.8, 4) is 0 Å². The fourth-order valence-corrected chi connectivity index (χ4v) is 2.85. The fraction of sp³-hybridized carbons (Fsp3) is 1.00. The molecule has 4 heteroatoms. The summed E-state index contributed by atoms with van der Waals surface area (Å²) in [6, 6.07) is 0. The molecule has 11 heavy (non-hydrogen) atoms. The predicted octanol–water partition coefficient (Wildman–Crippen LogP) is -0.166.